The molecule has 1 aliphatic rings. The smallest absolute Gasteiger partial charge is 0.0300 e. The lowest BCUT2D eigenvalue weighted by atomic mass is 10.2. The zero-order valence-electron chi connectivity index (χ0n) is 8.37. The monoisotopic (exact) mass is 227 g/mol. The van der Waals surface area contributed by atoms with Gasteiger partial charge in [-0.2, -0.15) is 11.8 Å². The SMILES string of the molecule is c1csc(CNCC2CCCCS2)c1. The molecular weight excluding hydrogens is 210 g/mol. The molecule has 1 N–H and O–H groups in total. The molecule has 2 heterocycles. The molecular formula is C11H17NS2. The van der Waals surface area contributed by atoms with Gasteiger partial charge in [-0.05, 0) is 30.0 Å². The van der Waals surface area contributed by atoms with Gasteiger partial charge in [-0.15, -0.1) is 11.3 Å². The molecule has 1 saturated heterocycles. The Balaban J connectivity index is 1.62. The quantitative estimate of drug-likeness (QED) is 0.848. The lowest BCUT2D eigenvalue weighted by Gasteiger charge is -2.21. The van der Waals surface area contributed by atoms with E-state index in [1.54, 1.807) is 0 Å². The van der Waals surface area contributed by atoms with Gasteiger partial charge in [-0.25, -0.2) is 0 Å². The number of thioether (sulfide) groups is 1. The van der Waals surface area contributed by atoms with Crippen LogP contribution in [0.4, 0.5) is 0 Å². The molecule has 0 radical (unpaired) electrons. The Morgan fingerprint density at radius 1 is 1.43 bits per heavy atom. The third-order valence-electron chi connectivity index (χ3n) is 2.53. The van der Waals surface area contributed by atoms with Crippen LogP contribution in [0.2, 0.25) is 0 Å². The average Bonchev–Trinajstić information content (AvgIpc) is 2.72. The van der Waals surface area contributed by atoms with Gasteiger partial charge in [0.15, 0.2) is 0 Å². The first kappa shape index (κ1) is 10.5. The number of hydrogen-bond acceptors (Lipinski definition) is 3. The Morgan fingerprint density at radius 3 is 3.14 bits per heavy atom. The second-order valence-electron chi connectivity index (χ2n) is 3.70. The number of hydrogen-bond donors (Lipinski definition) is 1. The molecule has 1 unspecified atom stereocenters. The molecule has 0 aromatic carbocycles. The molecule has 0 amide bonds. The van der Waals surface area contributed by atoms with Crippen LogP contribution in [-0.2, 0) is 6.54 Å². The van der Waals surface area contributed by atoms with Gasteiger partial charge in [0.05, 0.1) is 0 Å². The standard InChI is InChI=1S/C11H17NS2/c1-2-6-13-10(4-1)8-12-9-11-5-3-7-14-11/h3,5,7,10,12H,1-2,4,6,8-9H2. The van der Waals surface area contributed by atoms with Crippen LogP contribution in [0, 0.1) is 0 Å². The molecule has 1 aromatic heterocycles. The molecule has 78 valence electrons. The van der Waals surface area contributed by atoms with Crippen LogP contribution in [0.3, 0.4) is 0 Å². The normalized spacial score (nSPS) is 22.4. The highest BCUT2D eigenvalue weighted by Crippen LogP contribution is 2.24. The lowest BCUT2D eigenvalue weighted by molar-refractivity contribution is 0.600. The molecule has 0 spiro atoms. The fourth-order valence-electron chi connectivity index (χ4n) is 1.74. The summed E-state index contributed by atoms with van der Waals surface area (Å²) in [5, 5.41) is 6.56. The minimum absolute atomic E-state index is 0.865. The maximum Gasteiger partial charge on any atom is 0.0300 e. The van der Waals surface area contributed by atoms with Gasteiger partial charge in [0, 0.05) is 23.2 Å². The van der Waals surface area contributed by atoms with E-state index in [0.29, 0.717) is 0 Å². The largest absolute Gasteiger partial charge is 0.311 e. The Labute approximate surface area is 94.3 Å². The summed E-state index contributed by atoms with van der Waals surface area (Å²) in [7, 11) is 0. The van der Waals surface area contributed by atoms with E-state index in [-0.39, 0.29) is 0 Å². The molecule has 2 rings (SSSR count). The van der Waals surface area contributed by atoms with Crippen LogP contribution in [0.15, 0.2) is 17.5 Å². The van der Waals surface area contributed by atoms with Crippen molar-refractivity contribution in [2.45, 2.75) is 31.1 Å². The van der Waals surface area contributed by atoms with Crippen molar-refractivity contribution in [2.75, 3.05) is 12.3 Å². The Kier molecular flexibility index (Phi) is 4.35. The van der Waals surface area contributed by atoms with Gasteiger partial charge < -0.3 is 5.32 Å². The van der Waals surface area contributed by atoms with Crippen molar-refractivity contribution >= 4 is 23.1 Å². The van der Waals surface area contributed by atoms with Crippen LogP contribution >= 0.6 is 23.1 Å². The van der Waals surface area contributed by atoms with E-state index in [1.807, 2.05) is 11.3 Å². The molecule has 0 bridgehead atoms. The van der Waals surface area contributed by atoms with Gasteiger partial charge in [-0.3, -0.25) is 0 Å². The van der Waals surface area contributed by atoms with E-state index in [0.717, 1.165) is 11.8 Å². The van der Waals surface area contributed by atoms with Crippen molar-refractivity contribution in [3.63, 3.8) is 0 Å². The first-order chi connectivity index (χ1) is 6.95. The van der Waals surface area contributed by atoms with Crippen LogP contribution < -0.4 is 5.32 Å². The summed E-state index contributed by atoms with van der Waals surface area (Å²) < 4.78 is 0. The average molecular weight is 227 g/mol. The van der Waals surface area contributed by atoms with Gasteiger partial charge >= 0.3 is 0 Å². The molecule has 1 fully saturated rings. The van der Waals surface area contributed by atoms with Crippen molar-refractivity contribution in [3.05, 3.63) is 22.4 Å². The molecule has 0 saturated carbocycles. The fourth-order valence-corrected chi connectivity index (χ4v) is 3.69. The minimum atomic E-state index is 0.865. The molecule has 14 heavy (non-hydrogen) atoms. The maximum atomic E-state index is 3.55. The van der Waals surface area contributed by atoms with Crippen molar-refractivity contribution in [2.24, 2.45) is 0 Å². The van der Waals surface area contributed by atoms with E-state index >= 15 is 0 Å². The Bertz CT molecular complexity index is 240. The summed E-state index contributed by atoms with van der Waals surface area (Å²) in [6, 6.07) is 4.32. The third-order valence-corrected chi connectivity index (χ3v) is 4.80. The Morgan fingerprint density at radius 2 is 2.43 bits per heavy atom. The summed E-state index contributed by atoms with van der Waals surface area (Å²) >= 11 is 3.98. The predicted molar refractivity (Wildman–Crippen MR) is 66.1 cm³/mol. The van der Waals surface area contributed by atoms with Crippen LogP contribution in [-0.4, -0.2) is 17.5 Å². The highest BCUT2D eigenvalue weighted by molar-refractivity contribution is 7.99. The van der Waals surface area contributed by atoms with E-state index < -0.39 is 0 Å². The predicted octanol–water partition coefficient (Wildman–Crippen LogP) is 3.12. The molecule has 0 aliphatic carbocycles. The van der Waals surface area contributed by atoms with Crippen LogP contribution in [0.5, 0.6) is 0 Å². The summed E-state index contributed by atoms with van der Waals surface area (Å²) in [4.78, 5) is 1.45. The van der Waals surface area contributed by atoms with Crippen molar-refractivity contribution in [1.82, 2.24) is 5.32 Å². The molecule has 1 nitrogen and oxygen atoms in total. The fraction of sp³-hybridized carbons (Fsp3) is 0.636. The van der Waals surface area contributed by atoms with E-state index in [9.17, 15) is 0 Å². The van der Waals surface area contributed by atoms with E-state index in [1.165, 1.54) is 36.4 Å². The molecule has 1 aromatic rings. The maximum absolute atomic E-state index is 3.55. The first-order valence-corrected chi connectivity index (χ1v) is 7.23. The van der Waals surface area contributed by atoms with Gasteiger partial charge in [0.25, 0.3) is 0 Å². The van der Waals surface area contributed by atoms with E-state index in [4.69, 9.17) is 0 Å². The second kappa shape index (κ2) is 5.79. The van der Waals surface area contributed by atoms with Crippen LogP contribution in [0.1, 0.15) is 24.1 Å². The summed E-state index contributed by atoms with van der Waals surface area (Å²) in [5.41, 5.74) is 0. The second-order valence-corrected chi connectivity index (χ2v) is 6.14. The molecule has 1 atom stereocenters. The van der Waals surface area contributed by atoms with Gasteiger partial charge in [0.2, 0.25) is 0 Å². The Hall–Kier alpha value is 0.01000. The highest BCUT2D eigenvalue weighted by Gasteiger charge is 2.12. The topological polar surface area (TPSA) is 12.0 Å². The third kappa shape index (κ3) is 3.30. The number of thiophene rings is 1. The minimum Gasteiger partial charge on any atom is -0.311 e. The summed E-state index contributed by atoms with van der Waals surface area (Å²) in [5.74, 6) is 1.37. The zero-order valence-corrected chi connectivity index (χ0v) is 10.0. The first-order valence-electron chi connectivity index (χ1n) is 5.30. The number of rotatable bonds is 4. The summed E-state index contributed by atoms with van der Waals surface area (Å²) in [6.07, 6.45) is 4.26. The lowest BCUT2D eigenvalue weighted by Crippen LogP contribution is -2.26. The molecule has 1 aliphatic heterocycles. The van der Waals surface area contributed by atoms with Crippen molar-refractivity contribution in [1.29, 1.82) is 0 Å². The van der Waals surface area contributed by atoms with E-state index in [2.05, 4.69) is 34.6 Å². The van der Waals surface area contributed by atoms with Crippen molar-refractivity contribution < 1.29 is 0 Å². The number of nitrogens with one attached hydrogen (secondary N) is 1. The van der Waals surface area contributed by atoms with Crippen molar-refractivity contribution in [3.8, 4) is 0 Å². The summed E-state index contributed by atoms with van der Waals surface area (Å²) in [6.45, 7) is 2.23. The van der Waals surface area contributed by atoms with Gasteiger partial charge in [0.1, 0.15) is 0 Å². The zero-order chi connectivity index (χ0) is 9.64. The highest BCUT2D eigenvalue weighted by atomic mass is 32.2. The van der Waals surface area contributed by atoms with Crippen LogP contribution in [0.25, 0.3) is 0 Å². The van der Waals surface area contributed by atoms with Gasteiger partial charge in [-0.1, -0.05) is 12.5 Å². The molecule has 3 heteroatoms.